The molecule has 0 bridgehead atoms. The quantitative estimate of drug-likeness (QED) is 0.113. The number of benzene rings is 3. The van der Waals surface area contributed by atoms with E-state index in [-0.39, 0.29) is 19.0 Å². The Kier molecular flexibility index (Phi) is 14.2. The summed E-state index contributed by atoms with van der Waals surface area (Å²) in [6.45, 7) is 2.66. The summed E-state index contributed by atoms with van der Waals surface area (Å²) in [4.78, 5) is 30.6. The molecule has 1 aliphatic heterocycles. The highest BCUT2D eigenvalue weighted by Gasteiger charge is 2.27. The Morgan fingerprint density at radius 3 is 2.41 bits per heavy atom. The second-order valence-electron chi connectivity index (χ2n) is 12.6. The molecule has 1 aromatic heterocycles. The van der Waals surface area contributed by atoms with E-state index in [1.807, 2.05) is 36.4 Å². The SMILES string of the molecule is COc1ccc([C@H](Cc2c(Cl)cc(CCO)cc2Cl)OC(=O)c2ccc(CNC(C(=O)OC[C@H]3CCCN(C)C3)c3ccccc3)s2)cc1OC. The Labute approximate surface area is 313 Å². The maximum atomic E-state index is 13.7. The number of hydrogen-bond donors (Lipinski definition) is 2. The Balaban J connectivity index is 1.31. The van der Waals surface area contributed by atoms with Gasteiger partial charge in [0.2, 0.25) is 0 Å². The summed E-state index contributed by atoms with van der Waals surface area (Å²) in [5, 5.41) is 13.6. The number of rotatable bonds is 16. The molecule has 3 aromatic carbocycles. The molecule has 5 rings (SSSR count). The van der Waals surface area contributed by atoms with Crippen LogP contribution in [0.2, 0.25) is 10.0 Å². The van der Waals surface area contributed by atoms with E-state index in [1.54, 1.807) is 43.5 Å². The number of aliphatic hydroxyl groups excluding tert-OH is 1. The zero-order valence-corrected chi connectivity index (χ0v) is 31.4. The van der Waals surface area contributed by atoms with Gasteiger partial charge in [0.05, 0.1) is 20.8 Å². The first-order chi connectivity index (χ1) is 24.7. The number of carbonyl (C=O) groups is 2. The van der Waals surface area contributed by atoms with Gasteiger partial charge in [0.15, 0.2) is 11.5 Å². The summed E-state index contributed by atoms with van der Waals surface area (Å²) < 4.78 is 22.9. The Hall–Kier alpha value is -3.64. The molecule has 0 saturated carbocycles. The van der Waals surface area contributed by atoms with Gasteiger partial charge >= 0.3 is 11.9 Å². The second kappa shape index (κ2) is 18.7. The van der Waals surface area contributed by atoms with E-state index in [2.05, 4.69) is 17.3 Å². The molecule has 1 fully saturated rings. The normalized spacial score (nSPS) is 15.9. The number of nitrogens with zero attached hydrogens (tertiary/aromatic N) is 1. The van der Waals surface area contributed by atoms with E-state index in [9.17, 15) is 14.7 Å². The molecular weight excluding hydrogens is 711 g/mol. The maximum absolute atomic E-state index is 13.7. The number of nitrogens with one attached hydrogen (secondary N) is 1. The fourth-order valence-corrected chi connectivity index (χ4v) is 7.77. The third kappa shape index (κ3) is 10.5. The molecule has 4 aromatic rings. The summed E-state index contributed by atoms with van der Waals surface area (Å²) in [5.74, 6) is 0.478. The monoisotopic (exact) mass is 754 g/mol. The second-order valence-corrected chi connectivity index (χ2v) is 14.6. The molecule has 1 aliphatic rings. The highest BCUT2D eigenvalue weighted by atomic mass is 35.5. The third-order valence-electron chi connectivity index (χ3n) is 8.91. The minimum Gasteiger partial charge on any atom is -0.493 e. The number of ether oxygens (including phenoxy) is 4. The molecule has 51 heavy (non-hydrogen) atoms. The van der Waals surface area contributed by atoms with Crippen LogP contribution in [0, 0.1) is 5.92 Å². The van der Waals surface area contributed by atoms with Crippen LogP contribution in [-0.4, -0.2) is 69.5 Å². The number of esters is 2. The number of halogens is 2. The average Bonchev–Trinajstić information content (AvgIpc) is 3.61. The first-order valence-electron chi connectivity index (χ1n) is 16.9. The van der Waals surface area contributed by atoms with E-state index in [0.717, 1.165) is 41.9 Å². The van der Waals surface area contributed by atoms with E-state index in [1.165, 1.54) is 18.4 Å². The molecule has 0 spiro atoms. The van der Waals surface area contributed by atoms with E-state index < -0.39 is 18.1 Å². The minimum atomic E-state index is -0.777. The predicted octanol–water partition coefficient (Wildman–Crippen LogP) is 7.46. The lowest BCUT2D eigenvalue weighted by molar-refractivity contribution is -0.148. The summed E-state index contributed by atoms with van der Waals surface area (Å²) in [7, 11) is 5.18. The average molecular weight is 756 g/mol. The van der Waals surface area contributed by atoms with Crippen LogP contribution in [0.3, 0.4) is 0 Å². The van der Waals surface area contributed by atoms with Gasteiger partial charge in [-0.3, -0.25) is 5.32 Å². The summed E-state index contributed by atoms with van der Waals surface area (Å²) in [6, 6.07) is 21.2. The van der Waals surface area contributed by atoms with Crippen LogP contribution in [0.15, 0.2) is 72.8 Å². The summed E-state index contributed by atoms with van der Waals surface area (Å²) in [6.07, 6.45) is 1.96. The van der Waals surface area contributed by atoms with Crippen molar-refractivity contribution in [2.24, 2.45) is 5.92 Å². The van der Waals surface area contributed by atoms with Gasteiger partial charge in [-0.2, -0.15) is 0 Å². The number of carbonyl (C=O) groups excluding carboxylic acids is 2. The van der Waals surface area contributed by atoms with Gasteiger partial charge in [-0.1, -0.05) is 59.6 Å². The van der Waals surface area contributed by atoms with Gasteiger partial charge < -0.3 is 29.0 Å². The van der Waals surface area contributed by atoms with Crippen molar-refractivity contribution < 1.29 is 33.6 Å². The van der Waals surface area contributed by atoms with Crippen molar-refractivity contribution in [2.45, 2.75) is 44.4 Å². The number of piperidine rings is 1. The molecule has 2 N–H and O–H groups in total. The van der Waals surface area contributed by atoms with Crippen molar-refractivity contribution in [3.63, 3.8) is 0 Å². The molecule has 0 amide bonds. The molecule has 3 atom stereocenters. The van der Waals surface area contributed by atoms with Gasteiger partial charge in [0.25, 0.3) is 0 Å². The summed E-state index contributed by atoms with van der Waals surface area (Å²) in [5.41, 5.74) is 2.88. The van der Waals surface area contributed by atoms with Crippen LogP contribution in [0.5, 0.6) is 11.5 Å². The van der Waals surface area contributed by atoms with Crippen molar-refractivity contribution in [1.29, 1.82) is 0 Å². The van der Waals surface area contributed by atoms with Gasteiger partial charge in [-0.15, -0.1) is 11.3 Å². The Morgan fingerprint density at radius 1 is 0.980 bits per heavy atom. The number of aliphatic hydroxyl groups is 1. The highest BCUT2D eigenvalue weighted by Crippen LogP contribution is 2.37. The standard InChI is InChI=1S/C39H44Cl2N2O7S/c1-43-16-7-8-26(23-43)24-49-39(46)37(27-9-5-4-6-10-27)42-22-29-12-14-36(51-29)38(45)50-34(28-11-13-33(47-2)35(20-28)48-3)21-30-31(40)18-25(15-17-44)19-32(30)41/h4-6,9-14,18-20,26,34,37,42,44H,7-8,15-17,21-24H2,1-3H3/t26-,34-,37?/m0/s1. The Bertz CT molecular complexity index is 1750. The highest BCUT2D eigenvalue weighted by molar-refractivity contribution is 7.13. The smallest absolute Gasteiger partial charge is 0.348 e. The van der Waals surface area contributed by atoms with Crippen molar-refractivity contribution >= 4 is 46.5 Å². The van der Waals surface area contributed by atoms with E-state index in [4.69, 9.17) is 42.1 Å². The van der Waals surface area contributed by atoms with E-state index >= 15 is 0 Å². The molecule has 0 radical (unpaired) electrons. The lowest BCUT2D eigenvalue weighted by Crippen LogP contribution is -2.36. The molecule has 0 aliphatic carbocycles. The van der Waals surface area contributed by atoms with Crippen LogP contribution < -0.4 is 14.8 Å². The van der Waals surface area contributed by atoms with Gasteiger partial charge in [0.1, 0.15) is 17.0 Å². The molecule has 9 nitrogen and oxygen atoms in total. The van der Waals surface area contributed by atoms with Crippen LogP contribution in [0.4, 0.5) is 0 Å². The lowest BCUT2D eigenvalue weighted by Gasteiger charge is -2.29. The fourth-order valence-electron chi connectivity index (χ4n) is 6.24. The fraction of sp³-hybridized carbons (Fsp3) is 0.385. The number of likely N-dealkylation sites (tertiary alicyclic amines) is 1. The van der Waals surface area contributed by atoms with Crippen LogP contribution in [0.25, 0.3) is 0 Å². The van der Waals surface area contributed by atoms with Crippen molar-refractivity contribution in [3.8, 4) is 11.5 Å². The maximum Gasteiger partial charge on any atom is 0.348 e. The van der Waals surface area contributed by atoms with Gasteiger partial charge in [-0.25, -0.2) is 9.59 Å². The zero-order chi connectivity index (χ0) is 36.3. The lowest BCUT2D eigenvalue weighted by atomic mass is 9.99. The number of methoxy groups -OCH3 is 2. The minimum absolute atomic E-state index is 0.0361. The van der Waals surface area contributed by atoms with Gasteiger partial charge in [0, 0.05) is 47.0 Å². The first-order valence-corrected chi connectivity index (χ1v) is 18.5. The number of hydrogen-bond acceptors (Lipinski definition) is 10. The molecule has 1 unspecified atom stereocenters. The van der Waals surface area contributed by atoms with Crippen LogP contribution in [-0.2, 0) is 33.7 Å². The van der Waals surface area contributed by atoms with Gasteiger partial charge in [-0.05, 0) is 91.5 Å². The Morgan fingerprint density at radius 2 is 1.73 bits per heavy atom. The predicted molar refractivity (Wildman–Crippen MR) is 200 cm³/mol. The number of thiophene rings is 1. The molecule has 272 valence electrons. The van der Waals surface area contributed by atoms with Crippen LogP contribution in [0.1, 0.15) is 61.8 Å². The van der Waals surface area contributed by atoms with Crippen molar-refractivity contribution in [3.05, 3.63) is 115 Å². The third-order valence-corrected chi connectivity index (χ3v) is 10.7. The molecular formula is C39H44Cl2N2O7S. The summed E-state index contributed by atoms with van der Waals surface area (Å²) >= 11 is 14.6. The topological polar surface area (TPSA) is 107 Å². The van der Waals surface area contributed by atoms with Crippen molar-refractivity contribution in [1.82, 2.24) is 10.2 Å². The molecule has 2 heterocycles. The zero-order valence-electron chi connectivity index (χ0n) is 29.0. The molecule has 12 heteroatoms. The first kappa shape index (κ1) is 38.6. The largest absolute Gasteiger partial charge is 0.493 e. The molecule has 1 saturated heterocycles. The van der Waals surface area contributed by atoms with Crippen LogP contribution >= 0.6 is 34.5 Å². The van der Waals surface area contributed by atoms with E-state index in [0.29, 0.717) is 63.0 Å². The van der Waals surface area contributed by atoms with Crippen molar-refractivity contribution in [2.75, 3.05) is 47.6 Å².